The summed E-state index contributed by atoms with van der Waals surface area (Å²) in [5.74, 6) is -0.146. The standard InChI is InChI=1S/C14H16IN3O2/c1-17-13(20)16-12(19)14(17)6-8-18(9-7-14)11-4-2-10(15)3-5-11/h2-5H,6-9H2,1H3,(H,16,19,20). The third-order valence-corrected chi connectivity index (χ3v) is 5.09. The molecule has 1 spiro atoms. The molecule has 6 heteroatoms. The van der Waals surface area contributed by atoms with E-state index in [2.05, 4.69) is 57.1 Å². The first kappa shape index (κ1) is 13.7. The van der Waals surface area contributed by atoms with E-state index in [4.69, 9.17) is 0 Å². The largest absolute Gasteiger partial charge is 0.371 e. The molecule has 3 amide bonds. The van der Waals surface area contributed by atoms with Gasteiger partial charge in [0.25, 0.3) is 5.91 Å². The van der Waals surface area contributed by atoms with Crippen LogP contribution in [0.3, 0.4) is 0 Å². The normalized spacial score (nSPS) is 21.5. The van der Waals surface area contributed by atoms with Crippen molar-refractivity contribution in [1.82, 2.24) is 10.2 Å². The van der Waals surface area contributed by atoms with E-state index < -0.39 is 5.54 Å². The summed E-state index contributed by atoms with van der Waals surface area (Å²) >= 11 is 2.29. The first-order valence-electron chi connectivity index (χ1n) is 6.63. The predicted molar refractivity (Wildman–Crippen MR) is 84.6 cm³/mol. The van der Waals surface area contributed by atoms with E-state index in [1.807, 2.05) is 0 Å². The Bertz CT molecular complexity index is 550. The summed E-state index contributed by atoms with van der Waals surface area (Å²) in [7, 11) is 1.71. The summed E-state index contributed by atoms with van der Waals surface area (Å²) in [5, 5.41) is 2.42. The number of anilines is 1. The maximum absolute atomic E-state index is 12.1. The van der Waals surface area contributed by atoms with Gasteiger partial charge in [-0.3, -0.25) is 10.1 Å². The van der Waals surface area contributed by atoms with Crippen molar-refractivity contribution in [1.29, 1.82) is 0 Å². The molecule has 3 rings (SSSR count). The number of hydrogen-bond acceptors (Lipinski definition) is 3. The number of amides is 3. The van der Waals surface area contributed by atoms with E-state index >= 15 is 0 Å². The molecule has 20 heavy (non-hydrogen) atoms. The second kappa shape index (κ2) is 4.91. The molecule has 1 aromatic carbocycles. The van der Waals surface area contributed by atoms with Gasteiger partial charge >= 0.3 is 6.03 Å². The summed E-state index contributed by atoms with van der Waals surface area (Å²) < 4.78 is 1.21. The maximum atomic E-state index is 12.1. The SMILES string of the molecule is CN1C(=O)NC(=O)C12CCN(c1ccc(I)cc1)CC2. The molecule has 2 aliphatic rings. The van der Waals surface area contributed by atoms with Gasteiger partial charge in [0.05, 0.1) is 0 Å². The Morgan fingerprint density at radius 3 is 2.25 bits per heavy atom. The summed E-state index contributed by atoms with van der Waals surface area (Å²) in [5.41, 5.74) is 0.532. The molecule has 0 aromatic heterocycles. The average molecular weight is 385 g/mol. The summed E-state index contributed by atoms with van der Waals surface area (Å²) in [6.07, 6.45) is 1.35. The Morgan fingerprint density at radius 2 is 1.75 bits per heavy atom. The van der Waals surface area contributed by atoms with E-state index in [0.29, 0.717) is 12.8 Å². The van der Waals surface area contributed by atoms with Gasteiger partial charge in [0, 0.05) is 29.4 Å². The highest BCUT2D eigenvalue weighted by Crippen LogP contribution is 2.33. The minimum atomic E-state index is -0.642. The Balaban J connectivity index is 1.75. The summed E-state index contributed by atoms with van der Waals surface area (Å²) in [6.45, 7) is 1.57. The van der Waals surface area contributed by atoms with Gasteiger partial charge in [-0.2, -0.15) is 0 Å². The van der Waals surface area contributed by atoms with Crippen LogP contribution in [0.5, 0.6) is 0 Å². The van der Waals surface area contributed by atoms with Gasteiger partial charge in [0.15, 0.2) is 0 Å². The predicted octanol–water partition coefficient (Wildman–Crippen LogP) is 1.81. The zero-order valence-corrected chi connectivity index (χ0v) is 13.4. The van der Waals surface area contributed by atoms with Crippen molar-refractivity contribution in [2.45, 2.75) is 18.4 Å². The van der Waals surface area contributed by atoms with Gasteiger partial charge in [-0.15, -0.1) is 0 Å². The van der Waals surface area contributed by atoms with Crippen molar-refractivity contribution < 1.29 is 9.59 Å². The smallest absolute Gasteiger partial charge is 0.324 e. The van der Waals surface area contributed by atoms with E-state index in [1.54, 1.807) is 11.9 Å². The Morgan fingerprint density at radius 1 is 1.15 bits per heavy atom. The van der Waals surface area contributed by atoms with Crippen LogP contribution in [0, 0.1) is 3.57 Å². The zero-order valence-electron chi connectivity index (χ0n) is 11.2. The van der Waals surface area contributed by atoms with E-state index in [9.17, 15) is 9.59 Å². The highest BCUT2D eigenvalue weighted by molar-refractivity contribution is 14.1. The number of carbonyl (C=O) groups is 2. The highest BCUT2D eigenvalue weighted by atomic mass is 127. The number of halogens is 1. The average Bonchev–Trinajstić information content (AvgIpc) is 2.65. The van der Waals surface area contributed by atoms with Crippen LogP contribution in [0.25, 0.3) is 0 Å². The van der Waals surface area contributed by atoms with Gasteiger partial charge in [-0.1, -0.05) is 0 Å². The first-order valence-corrected chi connectivity index (χ1v) is 7.70. The third kappa shape index (κ3) is 2.06. The quantitative estimate of drug-likeness (QED) is 0.593. The molecule has 2 fully saturated rings. The molecule has 0 atom stereocenters. The molecular formula is C14H16IN3O2. The first-order chi connectivity index (χ1) is 9.53. The molecule has 5 nitrogen and oxygen atoms in total. The molecule has 0 radical (unpaired) electrons. The lowest BCUT2D eigenvalue weighted by Crippen LogP contribution is -2.55. The van der Waals surface area contributed by atoms with E-state index in [0.717, 1.165) is 13.1 Å². The molecule has 1 N–H and O–H groups in total. The van der Waals surface area contributed by atoms with Crippen LogP contribution in [0.4, 0.5) is 10.5 Å². The number of nitrogens with one attached hydrogen (secondary N) is 1. The van der Waals surface area contributed by atoms with Crippen LogP contribution in [0.1, 0.15) is 12.8 Å². The lowest BCUT2D eigenvalue weighted by molar-refractivity contribution is -0.127. The van der Waals surface area contributed by atoms with Gasteiger partial charge in [0.2, 0.25) is 0 Å². The second-order valence-corrected chi connectivity index (χ2v) is 6.56. The van der Waals surface area contributed by atoms with Crippen LogP contribution < -0.4 is 10.2 Å². The maximum Gasteiger partial charge on any atom is 0.324 e. The third-order valence-electron chi connectivity index (χ3n) is 4.37. The van der Waals surface area contributed by atoms with Crippen LogP contribution >= 0.6 is 22.6 Å². The second-order valence-electron chi connectivity index (χ2n) is 5.31. The topological polar surface area (TPSA) is 52.7 Å². The van der Waals surface area contributed by atoms with Crippen LogP contribution in [0.2, 0.25) is 0 Å². The van der Waals surface area contributed by atoms with Crippen molar-refractivity contribution in [3.05, 3.63) is 27.8 Å². The van der Waals surface area contributed by atoms with E-state index in [-0.39, 0.29) is 11.9 Å². The molecule has 0 bridgehead atoms. The number of rotatable bonds is 1. The molecule has 2 aliphatic heterocycles. The van der Waals surface area contributed by atoms with Crippen molar-refractivity contribution in [3.63, 3.8) is 0 Å². The van der Waals surface area contributed by atoms with Gasteiger partial charge in [0.1, 0.15) is 5.54 Å². The Labute approximate surface area is 131 Å². The number of urea groups is 1. The van der Waals surface area contributed by atoms with Crippen molar-refractivity contribution in [3.8, 4) is 0 Å². The molecule has 0 unspecified atom stereocenters. The number of piperidine rings is 1. The molecular weight excluding hydrogens is 369 g/mol. The fourth-order valence-electron chi connectivity index (χ4n) is 2.99. The van der Waals surface area contributed by atoms with Crippen LogP contribution in [-0.2, 0) is 4.79 Å². The van der Waals surface area contributed by atoms with Crippen molar-refractivity contribution >= 4 is 40.2 Å². The number of benzene rings is 1. The molecule has 0 saturated carbocycles. The minimum Gasteiger partial charge on any atom is -0.371 e. The lowest BCUT2D eigenvalue weighted by atomic mass is 9.86. The number of hydrogen-bond donors (Lipinski definition) is 1. The summed E-state index contributed by atoms with van der Waals surface area (Å²) in [4.78, 5) is 27.5. The van der Waals surface area contributed by atoms with Gasteiger partial charge < -0.3 is 9.80 Å². The van der Waals surface area contributed by atoms with Gasteiger partial charge in [-0.25, -0.2) is 4.79 Å². The van der Waals surface area contributed by atoms with Gasteiger partial charge in [-0.05, 0) is 59.7 Å². The molecule has 2 heterocycles. The van der Waals surface area contributed by atoms with Crippen LogP contribution in [-0.4, -0.2) is 42.5 Å². The van der Waals surface area contributed by atoms with Crippen molar-refractivity contribution in [2.75, 3.05) is 25.0 Å². The Kier molecular flexibility index (Phi) is 3.35. The Hall–Kier alpha value is -1.31. The molecule has 106 valence electrons. The highest BCUT2D eigenvalue weighted by Gasteiger charge is 2.52. The molecule has 1 aromatic rings. The number of likely N-dealkylation sites (N-methyl/N-ethyl adjacent to an activating group) is 1. The monoisotopic (exact) mass is 385 g/mol. The number of nitrogens with zero attached hydrogens (tertiary/aromatic N) is 2. The zero-order chi connectivity index (χ0) is 14.3. The molecule has 2 saturated heterocycles. The number of imide groups is 1. The van der Waals surface area contributed by atoms with E-state index in [1.165, 1.54) is 9.26 Å². The van der Waals surface area contributed by atoms with Crippen LogP contribution in [0.15, 0.2) is 24.3 Å². The fraction of sp³-hybridized carbons (Fsp3) is 0.429. The summed E-state index contributed by atoms with van der Waals surface area (Å²) in [6, 6.07) is 8.08. The fourth-order valence-corrected chi connectivity index (χ4v) is 3.35. The number of carbonyl (C=O) groups excluding carboxylic acids is 2. The molecule has 0 aliphatic carbocycles. The minimum absolute atomic E-state index is 0.146. The van der Waals surface area contributed by atoms with Crippen molar-refractivity contribution in [2.24, 2.45) is 0 Å². The lowest BCUT2D eigenvalue weighted by Gasteiger charge is -2.41.